The van der Waals surface area contributed by atoms with Crippen molar-refractivity contribution in [3.05, 3.63) is 114 Å². The molecular weight excluding hydrogens is 534 g/mol. The number of aromatic nitrogens is 5. The number of fused-ring (bicyclic) bond motifs is 1. The lowest BCUT2D eigenvalue weighted by molar-refractivity contribution is 0.589. The maximum atomic E-state index is 13.5. The topological polar surface area (TPSA) is 121 Å². The van der Waals surface area contributed by atoms with Crippen molar-refractivity contribution in [2.45, 2.75) is 11.4 Å². The second-order valence-corrected chi connectivity index (χ2v) is 11.1. The zero-order chi connectivity index (χ0) is 27.0. The molecule has 6 aromatic rings. The van der Waals surface area contributed by atoms with Crippen molar-refractivity contribution in [2.75, 3.05) is 11.1 Å². The average Bonchev–Trinajstić information content (AvgIpc) is 3.56. The Morgan fingerprint density at radius 1 is 0.897 bits per heavy atom. The zero-order valence-electron chi connectivity index (χ0n) is 20.4. The van der Waals surface area contributed by atoms with Crippen LogP contribution in [0.1, 0.15) is 5.56 Å². The monoisotopic (exact) mass is 555 g/mol. The van der Waals surface area contributed by atoms with E-state index in [1.54, 1.807) is 59.5 Å². The number of rotatable bonds is 7. The molecule has 0 spiro atoms. The third-order valence-electron chi connectivity index (χ3n) is 6.19. The summed E-state index contributed by atoms with van der Waals surface area (Å²) in [5.74, 6) is 0.296. The summed E-state index contributed by atoms with van der Waals surface area (Å²) in [6.07, 6.45) is 6.55. The fourth-order valence-corrected chi connectivity index (χ4v) is 5.90. The maximum absolute atomic E-state index is 13.5. The third-order valence-corrected chi connectivity index (χ3v) is 8.16. The van der Waals surface area contributed by atoms with Gasteiger partial charge in [-0.15, -0.1) is 0 Å². The normalized spacial score (nSPS) is 11.6. The molecule has 0 atom stereocenters. The van der Waals surface area contributed by atoms with Crippen LogP contribution >= 0.6 is 11.6 Å². The molecule has 11 heteroatoms. The first kappa shape index (κ1) is 24.7. The summed E-state index contributed by atoms with van der Waals surface area (Å²) < 4.78 is 30.1. The number of nitrogens with zero attached hydrogens (tertiary/aromatic N) is 5. The minimum absolute atomic E-state index is 0.185. The summed E-state index contributed by atoms with van der Waals surface area (Å²) in [6.45, 7) is 0.573. The van der Waals surface area contributed by atoms with E-state index in [4.69, 9.17) is 17.3 Å². The Morgan fingerprint density at radius 2 is 1.64 bits per heavy atom. The average molecular weight is 556 g/mol. The van der Waals surface area contributed by atoms with Crippen molar-refractivity contribution < 1.29 is 8.42 Å². The van der Waals surface area contributed by atoms with E-state index in [1.165, 1.54) is 10.2 Å². The number of benzene rings is 3. The number of anilines is 3. The quantitative estimate of drug-likeness (QED) is 0.247. The molecule has 39 heavy (non-hydrogen) atoms. The first-order valence-corrected chi connectivity index (χ1v) is 13.8. The molecule has 3 heterocycles. The van der Waals surface area contributed by atoms with E-state index in [0.717, 1.165) is 5.56 Å². The van der Waals surface area contributed by atoms with Gasteiger partial charge in [0.05, 0.1) is 45.8 Å². The molecule has 0 radical (unpaired) electrons. The maximum Gasteiger partial charge on any atom is 0.268 e. The SMILES string of the molecule is Nc1ccc(Cn2cc(Nc3ncc(Cl)c(-c4cn(S(=O)(=O)c5ccccc5)c5ccccc45)n3)cn2)cc1. The van der Waals surface area contributed by atoms with Gasteiger partial charge in [0.25, 0.3) is 10.0 Å². The lowest BCUT2D eigenvalue weighted by atomic mass is 10.1. The molecule has 0 saturated heterocycles. The summed E-state index contributed by atoms with van der Waals surface area (Å²) in [5.41, 5.74) is 9.71. The van der Waals surface area contributed by atoms with E-state index < -0.39 is 10.0 Å². The van der Waals surface area contributed by atoms with Crippen molar-refractivity contribution in [1.82, 2.24) is 23.7 Å². The fraction of sp³-hybridized carbons (Fsp3) is 0.0357. The lowest BCUT2D eigenvalue weighted by Gasteiger charge is -2.07. The second kappa shape index (κ2) is 9.90. The number of para-hydroxylation sites is 1. The van der Waals surface area contributed by atoms with Gasteiger partial charge in [-0.2, -0.15) is 5.10 Å². The Morgan fingerprint density at radius 3 is 2.44 bits per heavy atom. The van der Waals surface area contributed by atoms with Crippen LogP contribution in [0.15, 0.2) is 109 Å². The van der Waals surface area contributed by atoms with Gasteiger partial charge in [-0.25, -0.2) is 22.4 Å². The predicted octanol–water partition coefficient (Wildman–Crippen LogP) is 5.56. The van der Waals surface area contributed by atoms with Gasteiger partial charge in [-0.3, -0.25) is 4.68 Å². The molecule has 3 N–H and O–H groups in total. The Labute approximate surface area is 229 Å². The van der Waals surface area contributed by atoms with Gasteiger partial charge in [0.15, 0.2) is 0 Å². The van der Waals surface area contributed by atoms with Crippen LogP contribution in [-0.2, 0) is 16.6 Å². The molecule has 0 aliphatic rings. The standard InChI is InChI=1S/C28H22ClN7O2S/c29-25-15-31-28(33-21-14-32-35(17-21)16-19-10-12-20(30)13-11-19)34-27(25)24-18-36(26-9-5-4-8-23(24)26)39(37,38)22-6-2-1-3-7-22/h1-15,17-18H,16,30H2,(H,31,33,34). The first-order chi connectivity index (χ1) is 18.9. The molecule has 0 bridgehead atoms. The van der Waals surface area contributed by atoms with Crippen LogP contribution in [0.2, 0.25) is 5.02 Å². The number of nitrogens with two attached hydrogens (primary N) is 1. The highest BCUT2D eigenvalue weighted by atomic mass is 35.5. The van der Waals surface area contributed by atoms with Gasteiger partial charge in [0.1, 0.15) is 0 Å². The molecule has 0 aliphatic heterocycles. The van der Waals surface area contributed by atoms with Gasteiger partial charge in [-0.1, -0.05) is 60.1 Å². The largest absolute Gasteiger partial charge is 0.399 e. The molecule has 0 fully saturated rings. The van der Waals surface area contributed by atoms with Crippen LogP contribution in [0.5, 0.6) is 0 Å². The number of halogens is 1. The van der Waals surface area contributed by atoms with Crippen molar-refractivity contribution >= 4 is 49.9 Å². The van der Waals surface area contributed by atoms with Gasteiger partial charge in [0, 0.05) is 29.0 Å². The van der Waals surface area contributed by atoms with Gasteiger partial charge in [0.2, 0.25) is 5.95 Å². The predicted molar refractivity (Wildman–Crippen MR) is 152 cm³/mol. The molecule has 0 saturated carbocycles. The Bertz CT molecular complexity index is 1900. The Hall–Kier alpha value is -4.67. The van der Waals surface area contributed by atoms with E-state index >= 15 is 0 Å². The highest BCUT2D eigenvalue weighted by Gasteiger charge is 2.23. The molecule has 6 rings (SSSR count). The van der Waals surface area contributed by atoms with Gasteiger partial charge < -0.3 is 11.1 Å². The van der Waals surface area contributed by atoms with Crippen molar-refractivity contribution in [3.63, 3.8) is 0 Å². The summed E-state index contributed by atoms with van der Waals surface area (Å²) in [5, 5.41) is 8.54. The van der Waals surface area contributed by atoms with Crippen molar-refractivity contribution in [2.24, 2.45) is 0 Å². The Balaban J connectivity index is 1.34. The van der Waals surface area contributed by atoms with Crippen LogP contribution in [0.3, 0.4) is 0 Å². The highest BCUT2D eigenvalue weighted by molar-refractivity contribution is 7.90. The third kappa shape index (κ3) is 4.83. The summed E-state index contributed by atoms with van der Waals surface area (Å²) in [6, 6.07) is 23.1. The molecule has 0 aliphatic carbocycles. The highest BCUT2D eigenvalue weighted by Crippen LogP contribution is 2.36. The van der Waals surface area contributed by atoms with E-state index in [2.05, 4.69) is 20.4 Å². The molecule has 0 amide bonds. The molecule has 0 unspecified atom stereocenters. The van der Waals surface area contributed by atoms with Crippen LogP contribution < -0.4 is 11.1 Å². The smallest absolute Gasteiger partial charge is 0.268 e. The van der Waals surface area contributed by atoms with Crippen molar-refractivity contribution in [1.29, 1.82) is 0 Å². The van der Waals surface area contributed by atoms with Crippen LogP contribution in [-0.4, -0.2) is 32.1 Å². The summed E-state index contributed by atoms with van der Waals surface area (Å²) in [7, 11) is -3.85. The van der Waals surface area contributed by atoms with Crippen LogP contribution in [0.4, 0.5) is 17.3 Å². The van der Waals surface area contributed by atoms with Crippen LogP contribution in [0.25, 0.3) is 22.2 Å². The van der Waals surface area contributed by atoms with Gasteiger partial charge >= 0.3 is 0 Å². The molecule has 194 valence electrons. The van der Waals surface area contributed by atoms with E-state index in [1.807, 2.05) is 42.6 Å². The fourth-order valence-electron chi connectivity index (χ4n) is 4.31. The number of hydrogen-bond donors (Lipinski definition) is 2. The second-order valence-electron chi connectivity index (χ2n) is 8.86. The zero-order valence-corrected chi connectivity index (χ0v) is 22.0. The molecule has 9 nitrogen and oxygen atoms in total. The van der Waals surface area contributed by atoms with Crippen LogP contribution in [0, 0.1) is 0 Å². The number of hydrogen-bond acceptors (Lipinski definition) is 7. The van der Waals surface area contributed by atoms with Gasteiger partial charge in [-0.05, 0) is 35.9 Å². The Kier molecular flexibility index (Phi) is 6.26. The van der Waals surface area contributed by atoms with Crippen molar-refractivity contribution in [3.8, 4) is 11.3 Å². The summed E-state index contributed by atoms with van der Waals surface area (Å²) >= 11 is 6.54. The minimum Gasteiger partial charge on any atom is -0.399 e. The number of nitrogens with one attached hydrogen (secondary N) is 1. The summed E-state index contributed by atoms with van der Waals surface area (Å²) in [4.78, 5) is 9.15. The molecular formula is C28H22ClN7O2S. The molecule has 3 aromatic carbocycles. The number of nitrogen functional groups attached to an aromatic ring is 1. The van der Waals surface area contributed by atoms with E-state index in [-0.39, 0.29) is 4.90 Å². The molecule has 3 aromatic heterocycles. The lowest BCUT2D eigenvalue weighted by Crippen LogP contribution is -2.11. The van der Waals surface area contributed by atoms with E-state index in [0.29, 0.717) is 51.1 Å². The first-order valence-electron chi connectivity index (χ1n) is 12.0. The minimum atomic E-state index is -3.85. The van der Waals surface area contributed by atoms with E-state index in [9.17, 15) is 8.42 Å².